The average Bonchev–Trinajstić information content (AvgIpc) is 3.20. The summed E-state index contributed by atoms with van der Waals surface area (Å²) >= 11 is 0. The van der Waals surface area contributed by atoms with Crippen LogP contribution in [0.5, 0.6) is 0 Å². The van der Waals surface area contributed by atoms with Gasteiger partial charge in [0, 0.05) is 43.7 Å². The van der Waals surface area contributed by atoms with Crippen molar-refractivity contribution >= 4 is 17.2 Å². The van der Waals surface area contributed by atoms with Crippen LogP contribution in [0.25, 0.3) is 11.1 Å². The zero-order chi connectivity index (χ0) is 25.1. The van der Waals surface area contributed by atoms with Crippen LogP contribution in [0.4, 0.5) is 4.79 Å². The third-order valence-corrected chi connectivity index (χ3v) is 6.43. The summed E-state index contributed by atoms with van der Waals surface area (Å²) in [6, 6.07) is 5.81. The van der Waals surface area contributed by atoms with Gasteiger partial charge in [-0.15, -0.1) is 0 Å². The number of benzene rings is 1. The SMILES string of the molecule is COCCCC[C@@](O)(c1cccc2nc(C(C)(C)C)oc12)C1CCCN(C(=O)OC(C)(C)C)C1. The second kappa shape index (κ2) is 10.2. The molecule has 0 radical (unpaired) electrons. The van der Waals surface area contributed by atoms with Crippen molar-refractivity contribution in [3.63, 3.8) is 0 Å². The standard InChI is InChI=1S/C27H42N2O5/c1-25(2,3)23-28-21-14-10-13-20(22(21)33-23)27(31,15-8-9-17-32-7)19-12-11-16-29(18-19)24(30)34-26(4,5)6/h10,13-14,19,31H,8-9,11-12,15-18H2,1-7H3/t19?,27-/m0/s1. The molecule has 7 heteroatoms. The fourth-order valence-corrected chi connectivity index (χ4v) is 4.67. The van der Waals surface area contributed by atoms with Gasteiger partial charge in [-0.3, -0.25) is 0 Å². The van der Waals surface area contributed by atoms with Crippen LogP contribution in [-0.4, -0.2) is 53.5 Å². The number of unbranched alkanes of at least 4 members (excludes halogenated alkanes) is 1. The van der Waals surface area contributed by atoms with Gasteiger partial charge in [0.2, 0.25) is 5.89 Å². The topological polar surface area (TPSA) is 85.0 Å². The quantitative estimate of drug-likeness (QED) is 0.512. The Morgan fingerprint density at radius 2 is 1.94 bits per heavy atom. The van der Waals surface area contributed by atoms with Crippen LogP contribution >= 0.6 is 0 Å². The molecule has 1 amide bonds. The number of fused-ring (bicyclic) bond motifs is 1. The largest absolute Gasteiger partial charge is 0.444 e. The van der Waals surface area contributed by atoms with Crippen molar-refractivity contribution in [2.75, 3.05) is 26.8 Å². The summed E-state index contributed by atoms with van der Waals surface area (Å²) in [5.41, 5.74) is 0.165. The smallest absolute Gasteiger partial charge is 0.410 e. The molecule has 0 bridgehead atoms. The summed E-state index contributed by atoms with van der Waals surface area (Å²) in [4.78, 5) is 19.3. The van der Waals surface area contributed by atoms with Gasteiger partial charge in [-0.1, -0.05) is 32.9 Å². The predicted octanol–water partition coefficient (Wildman–Crippen LogP) is 5.78. The highest BCUT2D eigenvalue weighted by Gasteiger charge is 2.43. The maximum absolute atomic E-state index is 12.8. The van der Waals surface area contributed by atoms with Gasteiger partial charge in [0.25, 0.3) is 0 Å². The Morgan fingerprint density at radius 1 is 1.21 bits per heavy atom. The number of amides is 1. The second-order valence-electron chi connectivity index (χ2n) is 11.6. The Kier molecular flexibility index (Phi) is 7.98. The molecule has 0 aliphatic carbocycles. The van der Waals surface area contributed by atoms with Crippen LogP contribution in [-0.2, 0) is 20.5 Å². The molecule has 3 rings (SSSR count). The molecule has 2 aromatic rings. The van der Waals surface area contributed by atoms with Gasteiger partial charge in [-0.05, 0) is 58.9 Å². The van der Waals surface area contributed by atoms with E-state index in [4.69, 9.17) is 18.9 Å². The number of methoxy groups -OCH3 is 1. The highest BCUT2D eigenvalue weighted by molar-refractivity contribution is 5.77. The molecule has 0 spiro atoms. The van der Waals surface area contributed by atoms with Gasteiger partial charge >= 0.3 is 6.09 Å². The van der Waals surface area contributed by atoms with Crippen molar-refractivity contribution < 1.29 is 23.8 Å². The van der Waals surface area contributed by atoms with E-state index in [1.807, 2.05) is 39.0 Å². The van der Waals surface area contributed by atoms with Crippen LogP contribution < -0.4 is 0 Å². The van der Waals surface area contributed by atoms with Gasteiger partial charge in [-0.2, -0.15) is 0 Å². The first-order valence-corrected chi connectivity index (χ1v) is 12.4. The van der Waals surface area contributed by atoms with Gasteiger partial charge in [0.1, 0.15) is 11.1 Å². The zero-order valence-electron chi connectivity index (χ0n) is 21.9. The molecule has 1 unspecified atom stereocenters. The number of aromatic nitrogens is 1. The molecule has 1 aliphatic heterocycles. The first-order chi connectivity index (χ1) is 15.8. The number of para-hydroxylation sites is 1. The number of carbonyl (C=O) groups is 1. The summed E-state index contributed by atoms with van der Waals surface area (Å²) in [5, 5.41) is 12.3. The number of carbonyl (C=O) groups excluding carboxylic acids is 1. The van der Waals surface area contributed by atoms with E-state index in [1.165, 1.54) is 0 Å². The summed E-state index contributed by atoms with van der Waals surface area (Å²) in [6.07, 6.45) is 3.49. The van der Waals surface area contributed by atoms with E-state index in [0.29, 0.717) is 37.6 Å². The molecule has 1 N–H and O–H groups in total. The average molecular weight is 475 g/mol. The number of hydrogen-bond donors (Lipinski definition) is 1. The highest BCUT2D eigenvalue weighted by atomic mass is 16.6. The fraction of sp³-hybridized carbons (Fsp3) is 0.704. The molecular formula is C27H42N2O5. The molecule has 1 fully saturated rings. The number of piperidine rings is 1. The van der Waals surface area contributed by atoms with Crippen molar-refractivity contribution in [3.05, 3.63) is 29.7 Å². The van der Waals surface area contributed by atoms with Gasteiger partial charge in [0.05, 0.1) is 5.60 Å². The maximum atomic E-state index is 12.8. The lowest BCUT2D eigenvalue weighted by Gasteiger charge is -2.43. The van der Waals surface area contributed by atoms with Crippen molar-refractivity contribution in [3.8, 4) is 0 Å². The summed E-state index contributed by atoms with van der Waals surface area (Å²) in [6.45, 7) is 13.5. The van der Waals surface area contributed by atoms with Gasteiger partial charge < -0.3 is 23.9 Å². The Morgan fingerprint density at radius 3 is 2.59 bits per heavy atom. The summed E-state index contributed by atoms with van der Waals surface area (Å²) in [5.74, 6) is 0.501. The third-order valence-electron chi connectivity index (χ3n) is 6.43. The van der Waals surface area contributed by atoms with E-state index in [0.717, 1.165) is 36.8 Å². The lowest BCUT2D eigenvalue weighted by atomic mass is 9.74. The van der Waals surface area contributed by atoms with Crippen LogP contribution in [0, 0.1) is 5.92 Å². The molecule has 1 aromatic heterocycles. The zero-order valence-corrected chi connectivity index (χ0v) is 21.9. The van der Waals surface area contributed by atoms with Crippen LogP contribution in [0.15, 0.2) is 22.6 Å². The lowest BCUT2D eigenvalue weighted by molar-refractivity contribution is -0.0637. The number of likely N-dealkylation sites (tertiary alicyclic amines) is 1. The van der Waals surface area contributed by atoms with E-state index in [-0.39, 0.29) is 17.4 Å². The minimum atomic E-state index is -1.16. The molecule has 34 heavy (non-hydrogen) atoms. The van der Waals surface area contributed by atoms with E-state index in [1.54, 1.807) is 12.0 Å². The summed E-state index contributed by atoms with van der Waals surface area (Å²) in [7, 11) is 1.69. The minimum absolute atomic E-state index is 0.148. The Labute approximate surface area is 203 Å². The first kappa shape index (κ1) is 26.5. The van der Waals surface area contributed by atoms with Crippen LogP contribution in [0.1, 0.15) is 85.1 Å². The first-order valence-electron chi connectivity index (χ1n) is 12.4. The van der Waals surface area contributed by atoms with Gasteiger partial charge in [-0.25, -0.2) is 9.78 Å². The molecule has 1 aliphatic rings. The Bertz CT molecular complexity index is 972. The number of aliphatic hydroxyl groups is 1. The number of oxazole rings is 1. The number of nitrogens with zero attached hydrogens (tertiary/aromatic N) is 2. The molecule has 190 valence electrons. The molecule has 1 saturated heterocycles. The van der Waals surface area contributed by atoms with E-state index < -0.39 is 11.2 Å². The van der Waals surface area contributed by atoms with Crippen LogP contribution in [0.2, 0.25) is 0 Å². The maximum Gasteiger partial charge on any atom is 0.410 e. The molecule has 2 atom stereocenters. The normalized spacial score (nSPS) is 19.3. The number of ether oxygens (including phenoxy) is 2. The Hall–Kier alpha value is -2.12. The molecule has 1 aromatic carbocycles. The van der Waals surface area contributed by atoms with Crippen molar-refractivity contribution in [1.82, 2.24) is 9.88 Å². The van der Waals surface area contributed by atoms with Crippen molar-refractivity contribution in [2.45, 2.75) is 90.3 Å². The third kappa shape index (κ3) is 6.11. The lowest BCUT2D eigenvalue weighted by Crippen LogP contribution is -2.49. The van der Waals surface area contributed by atoms with E-state index >= 15 is 0 Å². The monoisotopic (exact) mass is 474 g/mol. The number of rotatable bonds is 7. The summed E-state index contributed by atoms with van der Waals surface area (Å²) < 4.78 is 17.1. The van der Waals surface area contributed by atoms with Crippen molar-refractivity contribution in [1.29, 1.82) is 0 Å². The van der Waals surface area contributed by atoms with Gasteiger partial charge in [0.15, 0.2) is 5.58 Å². The molecule has 7 nitrogen and oxygen atoms in total. The highest BCUT2D eigenvalue weighted by Crippen LogP contribution is 2.43. The number of hydrogen-bond acceptors (Lipinski definition) is 6. The fourth-order valence-electron chi connectivity index (χ4n) is 4.67. The van der Waals surface area contributed by atoms with E-state index in [2.05, 4.69) is 20.8 Å². The van der Waals surface area contributed by atoms with Crippen molar-refractivity contribution in [2.24, 2.45) is 5.92 Å². The predicted molar refractivity (Wildman–Crippen MR) is 133 cm³/mol. The van der Waals surface area contributed by atoms with Crippen LogP contribution in [0.3, 0.4) is 0 Å². The van der Waals surface area contributed by atoms with E-state index in [9.17, 15) is 9.90 Å². The second-order valence-corrected chi connectivity index (χ2v) is 11.6. The Balaban J connectivity index is 1.98. The minimum Gasteiger partial charge on any atom is -0.444 e. The molecular weight excluding hydrogens is 432 g/mol. The molecule has 0 saturated carbocycles. The molecule has 2 heterocycles.